The van der Waals surface area contributed by atoms with E-state index in [9.17, 15) is 18.0 Å². The zero-order valence-electron chi connectivity index (χ0n) is 11.5. The highest BCUT2D eigenvalue weighted by Gasteiger charge is 2.32. The molecule has 6 heteroatoms. The van der Waals surface area contributed by atoms with Crippen molar-refractivity contribution in [3.05, 3.63) is 29.8 Å². The lowest BCUT2D eigenvalue weighted by Gasteiger charge is -2.20. The van der Waals surface area contributed by atoms with Gasteiger partial charge in [0, 0.05) is 0 Å². The van der Waals surface area contributed by atoms with Crippen LogP contribution in [0.3, 0.4) is 0 Å². The highest BCUT2D eigenvalue weighted by Crippen LogP contribution is 2.30. The van der Waals surface area contributed by atoms with Crippen molar-refractivity contribution >= 4 is 5.97 Å². The molecule has 1 aromatic rings. The van der Waals surface area contributed by atoms with Gasteiger partial charge in [0.05, 0.1) is 12.5 Å². The summed E-state index contributed by atoms with van der Waals surface area (Å²) in [5, 5.41) is 0. The van der Waals surface area contributed by atoms with Gasteiger partial charge < -0.3 is 9.47 Å². The average molecular weight is 290 g/mol. The van der Waals surface area contributed by atoms with Crippen LogP contribution < -0.4 is 4.74 Å². The zero-order valence-corrected chi connectivity index (χ0v) is 11.5. The molecular formula is C14H17F3O3. The normalized spacial score (nSPS) is 13.2. The Labute approximate surface area is 115 Å². The highest BCUT2D eigenvalue weighted by atomic mass is 19.4. The molecule has 20 heavy (non-hydrogen) atoms. The fourth-order valence-electron chi connectivity index (χ4n) is 1.93. The first-order valence-corrected chi connectivity index (χ1v) is 6.27. The minimum absolute atomic E-state index is 0.102. The quantitative estimate of drug-likeness (QED) is 0.772. The van der Waals surface area contributed by atoms with Crippen molar-refractivity contribution in [2.24, 2.45) is 5.92 Å². The summed E-state index contributed by atoms with van der Waals surface area (Å²) in [5.74, 6) is -1.52. The molecule has 0 bridgehead atoms. The maximum absolute atomic E-state index is 12.2. The van der Waals surface area contributed by atoms with E-state index in [4.69, 9.17) is 4.74 Å². The lowest BCUT2D eigenvalue weighted by molar-refractivity contribution is -0.274. The average Bonchev–Trinajstić information content (AvgIpc) is 2.26. The molecule has 0 radical (unpaired) electrons. The van der Waals surface area contributed by atoms with E-state index in [1.54, 1.807) is 26.8 Å². The van der Waals surface area contributed by atoms with E-state index in [1.165, 1.54) is 18.2 Å². The van der Waals surface area contributed by atoms with Gasteiger partial charge in [-0.1, -0.05) is 26.0 Å². The minimum atomic E-state index is -4.75. The first-order valence-electron chi connectivity index (χ1n) is 6.27. The van der Waals surface area contributed by atoms with Crippen LogP contribution in [0.15, 0.2) is 24.3 Å². The molecule has 0 fully saturated rings. The van der Waals surface area contributed by atoms with Crippen molar-refractivity contribution in [3.8, 4) is 5.75 Å². The molecule has 0 heterocycles. The van der Waals surface area contributed by atoms with Crippen molar-refractivity contribution in [2.75, 3.05) is 6.61 Å². The Bertz CT molecular complexity index is 455. The number of ether oxygens (including phenoxy) is 2. The van der Waals surface area contributed by atoms with Gasteiger partial charge in [-0.25, -0.2) is 0 Å². The van der Waals surface area contributed by atoms with E-state index in [2.05, 4.69) is 4.74 Å². The molecule has 0 aliphatic heterocycles. The van der Waals surface area contributed by atoms with Crippen molar-refractivity contribution in [2.45, 2.75) is 33.1 Å². The lowest BCUT2D eigenvalue weighted by atomic mass is 9.88. The Balaban J connectivity index is 3.03. The standard InChI is InChI=1S/C14H17F3O3/c1-4-19-13(18)12(9(2)3)10-6-5-7-11(8-10)20-14(15,16)17/h5-9,12H,4H2,1-3H3. The van der Waals surface area contributed by atoms with Crippen LogP contribution in [0, 0.1) is 5.92 Å². The van der Waals surface area contributed by atoms with Crippen LogP contribution in [0.25, 0.3) is 0 Å². The zero-order chi connectivity index (χ0) is 15.3. The third kappa shape index (κ3) is 4.75. The summed E-state index contributed by atoms with van der Waals surface area (Å²) in [6, 6.07) is 5.42. The summed E-state index contributed by atoms with van der Waals surface area (Å²) in [7, 11) is 0. The highest BCUT2D eigenvalue weighted by molar-refractivity contribution is 5.78. The largest absolute Gasteiger partial charge is 0.573 e. The Morgan fingerprint density at radius 3 is 2.45 bits per heavy atom. The van der Waals surface area contributed by atoms with Gasteiger partial charge in [-0.05, 0) is 30.5 Å². The Morgan fingerprint density at radius 1 is 1.30 bits per heavy atom. The molecule has 0 aliphatic carbocycles. The molecule has 0 N–H and O–H groups in total. The molecule has 3 nitrogen and oxygen atoms in total. The summed E-state index contributed by atoms with van der Waals surface area (Å²) in [4.78, 5) is 11.9. The number of halogens is 3. The second kappa shape index (κ2) is 6.63. The van der Waals surface area contributed by atoms with Crippen LogP contribution in [0.5, 0.6) is 5.75 Å². The molecule has 0 saturated carbocycles. The smallest absolute Gasteiger partial charge is 0.466 e. The van der Waals surface area contributed by atoms with Crippen LogP contribution in [-0.2, 0) is 9.53 Å². The number of hydrogen-bond donors (Lipinski definition) is 0. The number of benzene rings is 1. The predicted octanol–water partition coefficient (Wildman–Crippen LogP) is 3.89. The molecule has 1 aromatic carbocycles. The first-order chi connectivity index (χ1) is 9.24. The summed E-state index contributed by atoms with van der Waals surface area (Å²) in [5.41, 5.74) is 0.445. The fourth-order valence-corrected chi connectivity index (χ4v) is 1.93. The number of hydrogen-bond acceptors (Lipinski definition) is 3. The second-order valence-electron chi connectivity index (χ2n) is 4.59. The number of carbonyl (C=O) groups is 1. The van der Waals surface area contributed by atoms with Gasteiger partial charge in [0.15, 0.2) is 0 Å². The van der Waals surface area contributed by atoms with E-state index in [1.807, 2.05) is 0 Å². The molecule has 0 aromatic heterocycles. The van der Waals surface area contributed by atoms with Crippen molar-refractivity contribution in [3.63, 3.8) is 0 Å². The monoisotopic (exact) mass is 290 g/mol. The summed E-state index contributed by atoms with van der Waals surface area (Å²) in [6.45, 7) is 5.51. The molecular weight excluding hydrogens is 273 g/mol. The van der Waals surface area contributed by atoms with Crippen LogP contribution in [0.1, 0.15) is 32.3 Å². The Hall–Kier alpha value is -1.72. The van der Waals surface area contributed by atoms with Crippen LogP contribution in [-0.4, -0.2) is 18.9 Å². The van der Waals surface area contributed by atoms with Gasteiger partial charge in [-0.15, -0.1) is 13.2 Å². The molecule has 1 atom stereocenters. The molecule has 0 aliphatic rings. The number of esters is 1. The van der Waals surface area contributed by atoms with E-state index < -0.39 is 18.2 Å². The molecule has 0 saturated heterocycles. The van der Waals surface area contributed by atoms with Gasteiger partial charge in [0.2, 0.25) is 0 Å². The summed E-state index contributed by atoms with van der Waals surface area (Å²) in [6.07, 6.45) is -4.75. The van der Waals surface area contributed by atoms with Gasteiger partial charge in [0.1, 0.15) is 5.75 Å². The minimum Gasteiger partial charge on any atom is -0.466 e. The summed E-state index contributed by atoms with van der Waals surface area (Å²) >= 11 is 0. The second-order valence-corrected chi connectivity index (χ2v) is 4.59. The summed E-state index contributed by atoms with van der Waals surface area (Å²) < 4.78 is 45.4. The Kier molecular flexibility index (Phi) is 5.42. The van der Waals surface area contributed by atoms with Crippen LogP contribution in [0.2, 0.25) is 0 Å². The third-order valence-corrected chi connectivity index (χ3v) is 2.66. The van der Waals surface area contributed by atoms with Crippen molar-refractivity contribution in [1.82, 2.24) is 0 Å². The van der Waals surface area contributed by atoms with E-state index in [-0.39, 0.29) is 18.3 Å². The van der Waals surface area contributed by atoms with Gasteiger partial charge >= 0.3 is 12.3 Å². The van der Waals surface area contributed by atoms with Crippen molar-refractivity contribution < 1.29 is 27.4 Å². The fraction of sp³-hybridized carbons (Fsp3) is 0.500. The Morgan fingerprint density at radius 2 is 1.95 bits per heavy atom. The van der Waals surface area contributed by atoms with Gasteiger partial charge in [-0.2, -0.15) is 0 Å². The number of rotatable bonds is 5. The number of alkyl halides is 3. The van der Waals surface area contributed by atoms with Crippen LogP contribution >= 0.6 is 0 Å². The third-order valence-electron chi connectivity index (χ3n) is 2.66. The van der Waals surface area contributed by atoms with E-state index in [0.29, 0.717) is 5.56 Å². The van der Waals surface area contributed by atoms with Crippen LogP contribution in [0.4, 0.5) is 13.2 Å². The first kappa shape index (κ1) is 16.3. The SMILES string of the molecule is CCOC(=O)C(c1cccc(OC(F)(F)F)c1)C(C)C. The van der Waals surface area contributed by atoms with Crippen molar-refractivity contribution in [1.29, 1.82) is 0 Å². The molecule has 0 spiro atoms. The molecule has 1 unspecified atom stereocenters. The topological polar surface area (TPSA) is 35.5 Å². The van der Waals surface area contributed by atoms with E-state index in [0.717, 1.165) is 0 Å². The number of carbonyl (C=O) groups excluding carboxylic acids is 1. The van der Waals surface area contributed by atoms with Gasteiger partial charge in [0.25, 0.3) is 0 Å². The maximum Gasteiger partial charge on any atom is 0.573 e. The van der Waals surface area contributed by atoms with Gasteiger partial charge in [-0.3, -0.25) is 4.79 Å². The predicted molar refractivity (Wildman–Crippen MR) is 67.3 cm³/mol. The molecule has 112 valence electrons. The molecule has 1 rings (SSSR count). The van der Waals surface area contributed by atoms with E-state index >= 15 is 0 Å². The lowest BCUT2D eigenvalue weighted by Crippen LogP contribution is -2.21. The molecule has 0 amide bonds. The maximum atomic E-state index is 12.2.